The molecule has 1 fully saturated rings. The highest BCUT2D eigenvalue weighted by Gasteiger charge is 2.27. The Morgan fingerprint density at radius 1 is 1.57 bits per heavy atom. The molecule has 1 aromatic rings. The van der Waals surface area contributed by atoms with Gasteiger partial charge < -0.3 is 16.4 Å². The molecule has 0 aliphatic carbocycles. The number of rotatable bonds is 3. The predicted molar refractivity (Wildman–Crippen MR) is 80.1 cm³/mol. The minimum atomic E-state index is -0.417. The summed E-state index contributed by atoms with van der Waals surface area (Å²) in [6, 6.07) is 7.11. The lowest BCUT2D eigenvalue weighted by Gasteiger charge is -2.17. The Kier molecular flexibility index (Phi) is 4.96. The molecule has 21 heavy (non-hydrogen) atoms. The van der Waals surface area contributed by atoms with Crippen LogP contribution in [0.15, 0.2) is 24.3 Å². The maximum absolute atomic E-state index is 12.1. The van der Waals surface area contributed by atoms with Crippen molar-refractivity contribution in [2.45, 2.75) is 31.8 Å². The summed E-state index contributed by atoms with van der Waals surface area (Å²) >= 11 is 0. The van der Waals surface area contributed by atoms with Gasteiger partial charge in [0.2, 0.25) is 11.8 Å². The highest BCUT2D eigenvalue weighted by Crippen LogP contribution is 2.15. The third-order valence-corrected chi connectivity index (χ3v) is 3.39. The van der Waals surface area contributed by atoms with Crippen molar-refractivity contribution < 1.29 is 9.59 Å². The summed E-state index contributed by atoms with van der Waals surface area (Å²) in [5.74, 6) is 5.56. The monoisotopic (exact) mass is 285 g/mol. The second-order valence-electron chi connectivity index (χ2n) is 5.02. The van der Waals surface area contributed by atoms with Crippen LogP contribution in [0.3, 0.4) is 0 Å². The minimum Gasteiger partial charge on any atom is -0.348 e. The zero-order valence-corrected chi connectivity index (χ0v) is 12.0. The molecule has 2 rings (SSSR count). The van der Waals surface area contributed by atoms with Gasteiger partial charge in [-0.15, -0.1) is 0 Å². The zero-order valence-electron chi connectivity index (χ0n) is 12.0. The smallest absolute Gasteiger partial charge is 0.243 e. The average molecular weight is 285 g/mol. The topological polar surface area (TPSA) is 84.2 Å². The molecule has 1 aliphatic heterocycles. The van der Waals surface area contributed by atoms with Crippen LogP contribution in [0.5, 0.6) is 0 Å². The number of hydrogen-bond donors (Lipinski definition) is 3. The van der Waals surface area contributed by atoms with E-state index in [0.717, 1.165) is 11.1 Å². The first-order valence-corrected chi connectivity index (χ1v) is 6.99. The second-order valence-corrected chi connectivity index (χ2v) is 5.02. The fourth-order valence-corrected chi connectivity index (χ4v) is 2.25. The summed E-state index contributed by atoms with van der Waals surface area (Å²) in [5, 5.41) is 5.58. The molecule has 5 heteroatoms. The highest BCUT2D eigenvalue weighted by molar-refractivity contribution is 5.90. The number of nitrogens with two attached hydrogens (primary N) is 1. The lowest BCUT2D eigenvalue weighted by Crippen LogP contribution is -2.42. The largest absolute Gasteiger partial charge is 0.348 e. The van der Waals surface area contributed by atoms with Crippen LogP contribution < -0.4 is 16.4 Å². The first-order chi connectivity index (χ1) is 10.1. The van der Waals surface area contributed by atoms with Crippen molar-refractivity contribution in [3.8, 4) is 11.8 Å². The Labute approximate surface area is 124 Å². The average Bonchev–Trinajstić information content (AvgIpc) is 2.92. The van der Waals surface area contributed by atoms with Gasteiger partial charge in [-0.25, -0.2) is 0 Å². The van der Waals surface area contributed by atoms with Gasteiger partial charge in [0, 0.05) is 12.0 Å². The number of nitrogens with one attached hydrogen (secondary N) is 2. The maximum atomic E-state index is 12.1. The van der Waals surface area contributed by atoms with Crippen molar-refractivity contribution in [3.63, 3.8) is 0 Å². The Balaban J connectivity index is 2.01. The highest BCUT2D eigenvalue weighted by atomic mass is 16.2. The molecule has 0 radical (unpaired) electrons. The van der Waals surface area contributed by atoms with Crippen molar-refractivity contribution in [2.75, 3.05) is 6.54 Å². The molecule has 1 aromatic carbocycles. The Hall–Kier alpha value is -2.32. The molecule has 2 atom stereocenters. The van der Waals surface area contributed by atoms with Gasteiger partial charge in [0.1, 0.15) is 6.04 Å². The molecule has 5 nitrogen and oxygen atoms in total. The Bertz CT molecular complexity index is 601. The van der Waals surface area contributed by atoms with Crippen LogP contribution in [0, 0.1) is 11.8 Å². The number of hydrogen-bond acceptors (Lipinski definition) is 3. The van der Waals surface area contributed by atoms with E-state index in [9.17, 15) is 9.59 Å². The van der Waals surface area contributed by atoms with Gasteiger partial charge >= 0.3 is 0 Å². The van der Waals surface area contributed by atoms with E-state index >= 15 is 0 Å². The van der Waals surface area contributed by atoms with E-state index in [-0.39, 0.29) is 17.9 Å². The third kappa shape index (κ3) is 4.07. The SMILES string of the molecule is CC(NC(=O)C1CCC(=O)N1)c1cccc(C#CCN)c1. The molecule has 1 aliphatic rings. The lowest BCUT2D eigenvalue weighted by atomic mass is 10.0. The van der Waals surface area contributed by atoms with Gasteiger partial charge in [0.25, 0.3) is 0 Å². The van der Waals surface area contributed by atoms with E-state index in [1.807, 2.05) is 31.2 Å². The molecule has 2 unspecified atom stereocenters. The molecule has 2 amide bonds. The predicted octanol–water partition coefficient (Wildman–Crippen LogP) is 0.453. The maximum Gasteiger partial charge on any atom is 0.243 e. The van der Waals surface area contributed by atoms with E-state index in [1.54, 1.807) is 0 Å². The molecule has 0 aromatic heterocycles. The van der Waals surface area contributed by atoms with Crippen LogP contribution >= 0.6 is 0 Å². The van der Waals surface area contributed by atoms with Crippen molar-refractivity contribution in [2.24, 2.45) is 5.73 Å². The first kappa shape index (κ1) is 15.1. The van der Waals surface area contributed by atoms with Gasteiger partial charge in [0.05, 0.1) is 12.6 Å². The van der Waals surface area contributed by atoms with Crippen molar-refractivity contribution in [3.05, 3.63) is 35.4 Å². The molecular formula is C16H19N3O2. The number of carbonyl (C=O) groups is 2. The summed E-state index contributed by atoms with van der Waals surface area (Å²) in [6.07, 6.45) is 0.968. The fourth-order valence-electron chi connectivity index (χ4n) is 2.25. The minimum absolute atomic E-state index is 0.0677. The summed E-state index contributed by atoms with van der Waals surface area (Å²) in [7, 11) is 0. The molecule has 110 valence electrons. The number of benzene rings is 1. The van der Waals surface area contributed by atoms with Crippen molar-refractivity contribution >= 4 is 11.8 Å². The van der Waals surface area contributed by atoms with Crippen LogP contribution in [0.25, 0.3) is 0 Å². The fraction of sp³-hybridized carbons (Fsp3) is 0.375. The van der Waals surface area contributed by atoms with Crippen LogP contribution in [0.2, 0.25) is 0 Å². The second kappa shape index (κ2) is 6.91. The normalized spacial score (nSPS) is 18.4. The molecular weight excluding hydrogens is 266 g/mol. The quantitative estimate of drug-likeness (QED) is 0.705. The Morgan fingerprint density at radius 2 is 2.38 bits per heavy atom. The number of amides is 2. The van der Waals surface area contributed by atoms with Crippen LogP contribution in [-0.2, 0) is 9.59 Å². The van der Waals surface area contributed by atoms with E-state index in [2.05, 4.69) is 22.5 Å². The van der Waals surface area contributed by atoms with Gasteiger partial charge in [0.15, 0.2) is 0 Å². The van der Waals surface area contributed by atoms with Crippen LogP contribution in [0.1, 0.15) is 36.9 Å². The van der Waals surface area contributed by atoms with Crippen LogP contribution in [0.4, 0.5) is 0 Å². The summed E-state index contributed by atoms with van der Waals surface area (Å²) in [5.41, 5.74) is 7.19. The standard InChI is InChI=1S/C16H19N3O2/c1-11(18-16(21)14-7-8-15(20)19-14)13-6-2-4-12(10-13)5-3-9-17/h2,4,6,10-11,14H,7-9,17H2,1H3,(H,18,21)(H,19,20). The van der Waals surface area contributed by atoms with E-state index in [4.69, 9.17) is 5.73 Å². The number of carbonyl (C=O) groups excluding carboxylic acids is 2. The Morgan fingerprint density at radius 3 is 3.05 bits per heavy atom. The van der Waals surface area contributed by atoms with Gasteiger partial charge in [-0.1, -0.05) is 24.0 Å². The molecule has 0 bridgehead atoms. The van der Waals surface area contributed by atoms with Gasteiger partial charge in [-0.3, -0.25) is 9.59 Å². The molecule has 1 saturated heterocycles. The van der Waals surface area contributed by atoms with Gasteiger partial charge in [-0.05, 0) is 31.0 Å². The molecule has 0 saturated carbocycles. The summed E-state index contributed by atoms with van der Waals surface area (Å²) in [6.45, 7) is 2.22. The molecule has 4 N–H and O–H groups in total. The zero-order chi connectivity index (χ0) is 15.2. The van der Waals surface area contributed by atoms with E-state index in [0.29, 0.717) is 19.4 Å². The summed E-state index contributed by atoms with van der Waals surface area (Å²) < 4.78 is 0. The van der Waals surface area contributed by atoms with Crippen molar-refractivity contribution in [1.82, 2.24) is 10.6 Å². The van der Waals surface area contributed by atoms with Crippen molar-refractivity contribution in [1.29, 1.82) is 0 Å². The lowest BCUT2D eigenvalue weighted by molar-refractivity contribution is -0.126. The van der Waals surface area contributed by atoms with Gasteiger partial charge in [-0.2, -0.15) is 0 Å². The van der Waals surface area contributed by atoms with E-state index in [1.165, 1.54) is 0 Å². The first-order valence-electron chi connectivity index (χ1n) is 6.99. The van der Waals surface area contributed by atoms with E-state index < -0.39 is 6.04 Å². The molecule has 0 spiro atoms. The van der Waals surface area contributed by atoms with Crippen LogP contribution in [-0.4, -0.2) is 24.4 Å². The summed E-state index contributed by atoms with van der Waals surface area (Å²) in [4.78, 5) is 23.2. The third-order valence-electron chi connectivity index (χ3n) is 3.39. The molecule has 1 heterocycles.